The topological polar surface area (TPSA) is 61.4 Å². The number of hydrogen-bond acceptors (Lipinski definition) is 3. The highest BCUT2D eigenvalue weighted by atomic mass is 32.2. The first-order valence-corrected chi connectivity index (χ1v) is 7.10. The Morgan fingerprint density at radius 3 is 2.53 bits per heavy atom. The van der Waals surface area contributed by atoms with Gasteiger partial charge in [-0.15, -0.1) is 0 Å². The highest BCUT2D eigenvalue weighted by molar-refractivity contribution is 7.87. The smallest absolute Gasteiger partial charge is 0.279 e. The predicted molar refractivity (Wildman–Crippen MR) is 58.8 cm³/mol. The second-order valence-electron chi connectivity index (χ2n) is 4.27. The van der Waals surface area contributed by atoms with Crippen LogP contribution in [0.15, 0.2) is 0 Å². The maximum atomic E-state index is 11.9. The van der Waals surface area contributed by atoms with E-state index in [-0.39, 0.29) is 6.04 Å². The Kier molecular flexibility index (Phi) is 3.60. The van der Waals surface area contributed by atoms with Gasteiger partial charge in [0.25, 0.3) is 10.2 Å². The summed E-state index contributed by atoms with van der Waals surface area (Å²) < 4.78 is 28.2. The summed E-state index contributed by atoms with van der Waals surface area (Å²) in [6.07, 6.45) is 4.03. The van der Waals surface area contributed by atoms with Crippen molar-refractivity contribution in [1.29, 1.82) is 0 Å². The second kappa shape index (κ2) is 4.78. The molecule has 6 heteroatoms. The Balaban J connectivity index is 1.92. The van der Waals surface area contributed by atoms with E-state index in [0.29, 0.717) is 13.1 Å². The molecule has 2 N–H and O–H groups in total. The molecule has 0 aromatic rings. The summed E-state index contributed by atoms with van der Waals surface area (Å²) in [4.78, 5) is 0. The van der Waals surface area contributed by atoms with Crippen molar-refractivity contribution in [2.24, 2.45) is 0 Å². The van der Waals surface area contributed by atoms with Gasteiger partial charge in [0.15, 0.2) is 0 Å². The molecule has 2 fully saturated rings. The molecule has 2 saturated heterocycles. The van der Waals surface area contributed by atoms with E-state index in [2.05, 4.69) is 10.0 Å². The van der Waals surface area contributed by atoms with Gasteiger partial charge in [-0.05, 0) is 25.8 Å². The fraction of sp³-hybridized carbons (Fsp3) is 1.00. The van der Waals surface area contributed by atoms with E-state index >= 15 is 0 Å². The minimum Gasteiger partial charge on any atom is -0.315 e. The zero-order chi connectivity index (χ0) is 10.7. The van der Waals surface area contributed by atoms with Gasteiger partial charge in [-0.2, -0.15) is 17.4 Å². The Bertz CT molecular complexity index is 292. The van der Waals surface area contributed by atoms with Gasteiger partial charge >= 0.3 is 0 Å². The number of nitrogens with zero attached hydrogens (tertiary/aromatic N) is 1. The highest BCUT2D eigenvalue weighted by Gasteiger charge is 2.27. The van der Waals surface area contributed by atoms with Crippen LogP contribution in [0.2, 0.25) is 0 Å². The van der Waals surface area contributed by atoms with E-state index < -0.39 is 10.2 Å². The summed E-state index contributed by atoms with van der Waals surface area (Å²) in [7, 11) is -3.22. The van der Waals surface area contributed by atoms with E-state index in [4.69, 9.17) is 0 Å². The lowest BCUT2D eigenvalue weighted by Crippen LogP contribution is -2.47. The van der Waals surface area contributed by atoms with Crippen LogP contribution in [-0.2, 0) is 10.2 Å². The molecular formula is C9H19N3O2S. The van der Waals surface area contributed by atoms with Crippen LogP contribution in [0.25, 0.3) is 0 Å². The molecule has 88 valence electrons. The van der Waals surface area contributed by atoms with Crippen molar-refractivity contribution in [1.82, 2.24) is 14.3 Å². The van der Waals surface area contributed by atoms with Gasteiger partial charge in [-0.3, -0.25) is 0 Å². The quantitative estimate of drug-likeness (QED) is 0.701. The lowest BCUT2D eigenvalue weighted by atomic mass is 10.2. The first-order valence-electron chi connectivity index (χ1n) is 5.66. The van der Waals surface area contributed by atoms with Crippen molar-refractivity contribution in [3.8, 4) is 0 Å². The Labute approximate surface area is 91.4 Å². The van der Waals surface area contributed by atoms with E-state index in [1.54, 1.807) is 4.31 Å². The van der Waals surface area contributed by atoms with E-state index in [9.17, 15) is 8.42 Å². The molecule has 1 atom stereocenters. The third-order valence-electron chi connectivity index (χ3n) is 3.03. The first kappa shape index (κ1) is 11.3. The number of piperidine rings is 1. The monoisotopic (exact) mass is 233 g/mol. The number of rotatable bonds is 3. The van der Waals surface area contributed by atoms with Crippen LogP contribution in [0, 0.1) is 0 Å². The summed E-state index contributed by atoms with van der Waals surface area (Å²) in [6.45, 7) is 3.02. The molecule has 5 nitrogen and oxygen atoms in total. The molecule has 0 aromatic heterocycles. The first-order chi connectivity index (χ1) is 7.18. The Morgan fingerprint density at radius 2 is 1.93 bits per heavy atom. The van der Waals surface area contributed by atoms with Gasteiger partial charge in [0.2, 0.25) is 0 Å². The molecule has 0 aromatic carbocycles. The standard InChI is InChI=1S/C9H19N3O2S/c13-15(14,11-9-4-5-10-8-9)12-6-2-1-3-7-12/h9-11H,1-8H2/t9-/m1/s1. The second-order valence-corrected chi connectivity index (χ2v) is 5.97. The third-order valence-corrected chi connectivity index (χ3v) is 4.71. The predicted octanol–water partition coefficient (Wildman–Crippen LogP) is -0.331. The van der Waals surface area contributed by atoms with Gasteiger partial charge in [-0.25, -0.2) is 0 Å². The van der Waals surface area contributed by atoms with Crippen LogP contribution >= 0.6 is 0 Å². The molecule has 2 aliphatic rings. The Morgan fingerprint density at radius 1 is 1.20 bits per heavy atom. The summed E-state index contributed by atoms with van der Waals surface area (Å²) in [5.74, 6) is 0. The molecule has 0 radical (unpaired) electrons. The highest BCUT2D eigenvalue weighted by Crippen LogP contribution is 2.13. The largest absolute Gasteiger partial charge is 0.315 e. The molecule has 0 bridgehead atoms. The molecule has 0 spiro atoms. The summed E-state index contributed by atoms with van der Waals surface area (Å²) in [6, 6.07) is 0.0805. The molecule has 2 heterocycles. The fourth-order valence-electron chi connectivity index (χ4n) is 2.15. The van der Waals surface area contributed by atoms with Crippen LogP contribution in [0.3, 0.4) is 0 Å². The van der Waals surface area contributed by atoms with Crippen LogP contribution < -0.4 is 10.0 Å². The molecule has 2 rings (SSSR count). The SMILES string of the molecule is O=S(=O)(N[C@@H]1CCNC1)N1CCCCC1. The molecule has 0 amide bonds. The average Bonchev–Trinajstić information content (AvgIpc) is 2.71. The van der Waals surface area contributed by atoms with Gasteiger partial charge < -0.3 is 5.32 Å². The van der Waals surface area contributed by atoms with Crippen molar-refractivity contribution in [3.63, 3.8) is 0 Å². The number of nitrogens with one attached hydrogen (secondary N) is 2. The average molecular weight is 233 g/mol. The Hall–Kier alpha value is -0.170. The number of hydrogen-bond donors (Lipinski definition) is 2. The minimum absolute atomic E-state index is 0.0805. The fourth-order valence-corrected chi connectivity index (χ4v) is 3.66. The third kappa shape index (κ3) is 2.90. The van der Waals surface area contributed by atoms with E-state index in [1.165, 1.54) is 0 Å². The lowest BCUT2D eigenvalue weighted by molar-refractivity contribution is 0.339. The summed E-state index contributed by atoms with van der Waals surface area (Å²) in [5, 5.41) is 3.15. The summed E-state index contributed by atoms with van der Waals surface area (Å²) in [5.41, 5.74) is 0. The molecule has 0 aliphatic carbocycles. The molecular weight excluding hydrogens is 214 g/mol. The molecule has 2 aliphatic heterocycles. The van der Waals surface area contributed by atoms with Crippen molar-refractivity contribution in [2.75, 3.05) is 26.2 Å². The molecule has 0 saturated carbocycles. The lowest BCUT2D eigenvalue weighted by Gasteiger charge is -2.27. The molecule has 0 unspecified atom stereocenters. The van der Waals surface area contributed by atoms with Gasteiger partial charge in [-0.1, -0.05) is 6.42 Å². The van der Waals surface area contributed by atoms with Crippen molar-refractivity contribution < 1.29 is 8.42 Å². The molecule has 15 heavy (non-hydrogen) atoms. The van der Waals surface area contributed by atoms with E-state index in [1.807, 2.05) is 0 Å². The van der Waals surface area contributed by atoms with Crippen molar-refractivity contribution >= 4 is 10.2 Å². The zero-order valence-corrected chi connectivity index (χ0v) is 9.72. The van der Waals surface area contributed by atoms with Gasteiger partial charge in [0.1, 0.15) is 0 Å². The maximum Gasteiger partial charge on any atom is 0.279 e. The van der Waals surface area contributed by atoms with E-state index in [0.717, 1.165) is 38.8 Å². The van der Waals surface area contributed by atoms with Crippen molar-refractivity contribution in [2.45, 2.75) is 31.7 Å². The van der Waals surface area contributed by atoms with Crippen LogP contribution in [-0.4, -0.2) is 44.9 Å². The van der Waals surface area contributed by atoms with Crippen LogP contribution in [0.5, 0.6) is 0 Å². The summed E-state index contributed by atoms with van der Waals surface area (Å²) >= 11 is 0. The van der Waals surface area contributed by atoms with Crippen molar-refractivity contribution in [3.05, 3.63) is 0 Å². The van der Waals surface area contributed by atoms with Crippen LogP contribution in [0.1, 0.15) is 25.7 Å². The van der Waals surface area contributed by atoms with Crippen LogP contribution in [0.4, 0.5) is 0 Å². The zero-order valence-electron chi connectivity index (χ0n) is 8.91. The van der Waals surface area contributed by atoms with Gasteiger partial charge in [0, 0.05) is 25.7 Å². The minimum atomic E-state index is -3.22. The normalized spacial score (nSPS) is 29.5. The maximum absolute atomic E-state index is 11.9. The van der Waals surface area contributed by atoms with Gasteiger partial charge in [0.05, 0.1) is 0 Å².